The topological polar surface area (TPSA) is 53.1 Å². The SMILES string of the molecule is C[C@H]([C@H]1CN(Cc2ccccc2)CCO1)N(C)S(=O)(=O)c1ccc(N(C)C)cc1. The molecule has 1 heterocycles. The summed E-state index contributed by atoms with van der Waals surface area (Å²) >= 11 is 0. The molecule has 0 spiro atoms. The lowest BCUT2D eigenvalue weighted by atomic mass is 10.1. The number of hydrogen-bond donors (Lipinski definition) is 0. The molecule has 1 aliphatic rings. The summed E-state index contributed by atoms with van der Waals surface area (Å²) in [6.45, 7) is 4.92. The fourth-order valence-corrected chi connectivity index (χ4v) is 4.93. The van der Waals surface area contributed by atoms with E-state index in [0.717, 1.165) is 18.8 Å². The van der Waals surface area contributed by atoms with Crippen LogP contribution in [-0.4, -0.2) is 70.6 Å². The lowest BCUT2D eigenvalue weighted by Crippen LogP contribution is -2.52. The third kappa shape index (κ3) is 5.17. The average Bonchev–Trinajstić information content (AvgIpc) is 2.73. The molecule has 0 aromatic heterocycles. The number of ether oxygens (including phenoxy) is 1. The largest absolute Gasteiger partial charge is 0.378 e. The van der Waals surface area contributed by atoms with Crippen molar-refractivity contribution in [2.24, 2.45) is 0 Å². The normalized spacial score (nSPS) is 19.3. The maximum Gasteiger partial charge on any atom is 0.243 e. The minimum atomic E-state index is -3.59. The van der Waals surface area contributed by atoms with Crippen LogP contribution in [0.2, 0.25) is 0 Å². The van der Waals surface area contributed by atoms with Gasteiger partial charge in [-0.2, -0.15) is 4.31 Å². The van der Waals surface area contributed by atoms with Crippen molar-refractivity contribution < 1.29 is 13.2 Å². The molecule has 0 bridgehead atoms. The minimum absolute atomic E-state index is 0.173. The van der Waals surface area contributed by atoms with Crippen molar-refractivity contribution in [1.82, 2.24) is 9.21 Å². The van der Waals surface area contributed by atoms with Crippen LogP contribution in [0.15, 0.2) is 59.5 Å². The highest BCUT2D eigenvalue weighted by Crippen LogP contribution is 2.23. The number of nitrogens with zero attached hydrogens (tertiary/aromatic N) is 3. The van der Waals surface area contributed by atoms with Gasteiger partial charge in [0.25, 0.3) is 0 Å². The molecule has 0 unspecified atom stereocenters. The van der Waals surface area contributed by atoms with E-state index in [1.165, 1.54) is 9.87 Å². The van der Waals surface area contributed by atoms with Crippen LogP contribution in [0, 0.1) is 0 Å². The Morgan fingerprint density at radius 3 is 2.34 bits per heavy atom. The van der Waals surface area contributed by atoms with Crippen molar-refractivity contribution in [2.75, 3.05) is 45.7 Å². The van der Waals surface area contributed by atoms with Crippen LogP contribution in [0.3, 0.4) is 0 Å². The number of benzene rings is 2. The average molecular weight is 418 g/mol. The van der Waals surface area contributed by atoms with Gasteiger partial charge in [0.15, 0.2) is 0 Å². The van der Waals surface area contributed by atoms with Crippen molar-refractivity contribution in [3.63, 3.8) is 0 Å². The quantitative estimate of drug-likeness (QED) is 0.693. The predicted molar refractivity (Wildman–Crippen MR) is 117 cm³/mol. The smallest absolute Gasteiger partial charge is 0.243 e. The molecule has 0 radical (unpaired) electrons. The summed E-state index contributed by atoms with van der Waals surface area (Å²) in [5, 5.41) is 0. The molecule has 2 aromatic rings. The van der Waals surface area contributed by atoms with Crippen LogP contribution in [0.4, 0.5) is 5.69 Å². The number of morpholine rings is 1. The number of sulfonamides is 1. The second-order valence-electron chi connectivity index (χ2n) is 7.78. The molecule has 7 heteroatoms. The van der Waals surface area contributed by atoms with Gasteiger partial charge in [-0.25, -0.2) is 8.42 Å². The van der Waals surface area contributed by atoms with Crippen LogP contribution in [0.5, 0.6) is 0 Å². The lowest BCUT2D eigenvalue weighted by Gasteiger charge is -2.38. The van der Waals surface area contributed by atoms with E-state index in [0.29, 0.717) is 18.0 Å². The number of likely N-dealkylation sites (N-methyl/N-ethyl adjacent to an activating group) is 1. The van der Waals surface area contributed by atoms with E-state index in [9.17, 15) is 8.42 Å². The first-order valence-corrected chi connectivity index (χ1v) is 11.4. The minimum Gasteiger partial charge on any atom is -0.378 e. The summed E-state index contributed by atoms with van der Waals surface area (Å²) in [4.78, 5) is 4.57. The Bertz CT molecular complexity index is 885. The summed E-state index contributed by atoms with van der Waals surface area (Å²) in [6.07, 6.45) is -0.173. The van der Waals surface area contributed by atoms with E-state index in [1.54, 1.807) is 19.2 Å². The Labute approximate surface area is 174 Å². The molecule has 1 saturated heterocycles. The number of anilines is 1. The lowest BCUT2D eigenvalue weighted by molar-refractivity contribution is -0.0554. The van der Waals surface area contributed by atoms with Crippen LogP contribution in [0.1, 0.15) is 12.5 Å². The molecular formula is C22H31N3O3S. The van der Waals surface area contributed by atoms with E-state index < -0.39 is 10.0 Å². The maximum atomic E-state index is 13.1. The van der Waals surface area contributed by atoms with Gasteiger partial charge in [0.2, 0.25) is 10.0 Å². The molecule has 3 rings (SSSR count). The van der Waals surface area contributed by atoms with E-state index in [4.69, 9.17) is 4.74 Å². The molecule has 2 aromatic carbocycles. The van der Waals surface area contributed by atoms with Crippen LogP contribution in [0.25, 0.3) is 0 Å². The summed E-state index contributed by atoms with van der Waals surface area (Å²) < 4.78 is 33.6. The highest BCUT2D eigenvalue weighted by molar-refractivity contribution is 7.89. The molecular weight excluding hydrogens is 386 g/mol. The second kappa shape index (κ2) is 9.26. The Morgan fingerprint density at radius 2 is 1.72 bits per heavy atom. The van der Waals surface area contributed by atoms with E-state index >= 15 is 0 Å². The van der Waals surface area contributed by atoms with Gasteiger partial charge in [-0.3, -0.25) is 4.90 Å². The van der Waals surface area contributed by atoms with E-state index in [1.807, 2.05) is 56.3 Å². The number of hydrogen-bond acceptors (Lipinski definition) is 5. The molecule has 0 N–H and O–H groups in total. The van der Waals surface area contributed by atoms with Gasteiger partial charge >= 0.3 is 0 Å². The highest BCUT2D eigenvalue weighted by Gasteiger charge is 2.33. The van der Waals surface area contributed by atoms with E-state index in [-0.39, 0.29) is 12.1 Å². The highest BCUT2D eigenvalue weighted by atomic mass is 32.2. The van der Waals surface area contributed by atoms with Crippen LogP contribution >= 0.6 is 0 Å². The van der Waals surface area contributed by atoms with Crippen molar-refractivity contribution in [1.29, 1.82) is 0 Å². The van der Waals surface area contributed by atoms with Gasteiger partial charge < -0.3 is 9.64 Å². The molecule has 0 amide bonds. The third-order valence-electron chi connectivity index (χ3n) is 5.57. The molecule has 158 valence electrons. The molecule has 1 aliphatic heterocycles. The van der Waals surface area contributed by atoms with Crippen molar-refractivity contribution in [2.45, 2.75) is 30.5 Å². The van der Waals surface area contributed by atoms with Crippen molar-refractivity contribution >= 4 is 15.7 Å². The van der Waals surface area contributed by atoms with Crippen LogP contribution in [-0.2, 0) is 21.3 Å². The Balaban J connectivity index is 1.68. The summed E-state index contributed by atoms with van der Waals surface area (Å²) in [6, 6.07) is 17.0. The van der Waals surface area contributed by atoms with Crippen molar-refractivity contribution in [3.05, 3.63) is 60.2 Å². The Hall–Kier alpha value is -1.93. The van der Waals surface area contributed by atoms with Gasteiger partial charge in [0, 0.05) is 52.5 Å². The van der Waals surface area contributed by atoms with Gasteiger partial charge in [-0.15, -0.1) is 0 Å². The maximum absolute atomic E-state index is 13.1. The first kappa shape index (κ1) is 21.8. The predicted octanol–water partition coefficient (Wildman–Crippen LogP) is 2.66. The van der Waals surface area contributed by atoms with E-state index in [2.05, 4.69) is 17.0 Å². The Morgan fingerprint density at radius 1 is 1.07 bits per heavy atom. The zero-order valence-electron chi connectivity index (χ0n) is 17.7. The molecule has 6 nitrogen and oxygen atoms in total. The first-order valence-electron chi connectivity index (χ1n) is 9.92. The second-order valence-corrected chi connectivity index (χ2v) is 9.78. The van der Waals surface area contributed by atoms with Gasteiger partial charge in [0.1, 0.15) is 0 Å². The van der Waals surface area contributed by atoms with Gasteiger partial charge in [-0.1, -0.05) is 30.3 Å². The van der Waals surface area contributed by atoms with Crippen molar-refractivity contribution in [3.8, 4) is 0 Å². The summed E-state index contributed by atoms with van der Waals surface area (Å²) in [5.74, 6) is 0. The fourth-order valence-electron chi connectivity index (χ4n) is 3.54. The monoisotopic (exact) mass is 417 g/mol. The standard InChI is InChI=1S/C22H31N3O3S/c1-18(22-17-25(14-15-28-22)16-19-8-6-5-7-9-19)24(4)29(26,27)21-12-10-20(11-13-21)23(2)3/h5-13,18,22H,14-17H2,1-4H3/t18-,22-/m1/s1. The molecule has 29 heavy (non-hydrogen) atoms. The van der Waals surface area contributed by atoms with Gasteiger partial charge in [-0.05, 0) is 36.8 Å². The zero-order valence-corrected chi connectivity index (χ0v) is 18.5. The fraction of sp³-hybridized carbons (Fsp3) is 0.455. The first-order chi connectivity index (χ1) is 13.8. The number of rotatable bonds is 7. The Kier molecular flexibility index (Phi) is 6.95. The zero-order chi connectivity index (χ0) is 21.0. The molecule has 2 atom stereocenters. The summed E-state index contributed by atoms with van der Waals surface area (Å²) in [5.41, 5.74) is 2.22. The van der Waals surface area contributed by atoms with Gasteiger partial charge in [0.05, 0.1) is 17.6 Å². The third-order valence-corrected chi connectivity index (χ3v) is 7.53. The molecule has 0 saturated carbocycles. The summed E-state index contributed by atoms with van der Waals surface area (Å²) in [7, 11) is 1.91. The molecule has 1 fully saturated rings. The van der Waals surface area contributed by atoms with Crippen LogP contribution < -0.4 is 4.90 Å². The molecule has 0 aliphatic carbocycles.